The highest BCUT2D eigenvalue weighted by molar-refractivity contribution is 7.12. The third kappa shape index (κ3) is 4.08. The zero-order valence-corrected chi connectivity index (χ0v) is 14.0. The van der Waals surface area contributed by atoms with Gasteiger partial charge in [-0.3, -0.25) is 0 Å². The van der Waals surface area contributed by atoms with Crippen molar-refractivity contribution in [2.45, 2.75) is 45.6 Å². The topological polar surface area (TPSA) is 29.5 Å². The van der Waals surface area contributed by atoms with Gasteiger partial charge in [-0.1, -0.05) is 39.8 Å². The van der Waals surface area contributed by atoms with E-state index in [1.165, 1.54) is 4.88 Å². The van der Waals surface area contributed by atoms with Gasteiger partial charge >= 0.3 is 0 Å². The smallest absolute Gasteiger partial charge is 0.119 e. The van der Waals surface area contributed by atoms with E-state index < -0.39 is 6.10 Å². The molecular weight excluding hydrogens is 280 g/mol. The molecule has 0 bridgehead atoms. The molecule has 2 rings (SSSR count). The number of hydrogen-bond acceptors (Lipinski definition) is 3. The van der Waals surface area contributed by atoms with Crippen LogP contribution in [0.5, 0.6) is 5.75 Å². The first kappa shape index (κ1) is 16.1. The Morgan fingerprint density at radius 2 is 1.76 bits per heavy atom. The van der Waals surface area contributed by atoms with Crippen LogP contribution in [-0.4, -0.2) is 11.7 Å². The molecule has 2 aromatic rings. The molecule has 21 heavy (non-hydrogen) atoms. The van der Waals surface area contributed by atoms with Crippen LogP contribution in [0.15, 0.2) is 36.4 Å². The van der Waals surface area contributed by atoms with Crippen LogP contribution in [0.1, 0.15) is 55.5 Å². The molecule has 1 unspecified atom stereocenters. The number of aliphatic hydroxyl groups excluding tert-OH is 1. The van der Waals surface area contributed by atoms with Crippen molar-refractivity contribution in [2.75, 3.05) is 6.61 Å². The van der Waals surface area contributed by atoms with Gasteiger partial charge < -0.3 is 9.84 Å². The number of hydrogen-bond donors (Lipinski definition) is 1. The minimum Gasteiger partial charge on any atom is -0.494 e. The summed E-state index contributed by atoms with van der Waals surface area (Å²) in [6.45, 7) is 9.38. The van der Waals surface area contributed by atoms with E-state index in [2.05, 4.69) is 33.8 Å². The standard InChI is InChI=1S/C18H24O2S/c1-5-12-20-14-8-6-13(7-9-14)17(19)15-10-11-16(21-15)18(2,3)4/h6-11,17,19H,5,12H2,1-4H3. The molecule has 0 aliphatic carbocycles. The average molecular weight is 304 g/mol. The van der Waals surface area contributed by atoms with E-state index in [0.29, 0.717) is 0 Å². The van der Waals surface area contributed by atoms with E-state index in [4.69, 9.17) is 4.74 Å². The van der Waals surface area contributed by atoms with E-state index in [1.54, 1.807) is 11.3 Å². The van der Waals surface area contributed by atoms with E-state index in [-0.39, 0.29) is 5.41 Å². The fraction of sp³-hybridized carbons (Fsp3) is 0.444. The Morgan fingerprint density at radius 1 is 1.10 bits per heavy atom. The Balaban J connectivity index is 2.12. The van der Waals surface area contributed by atoms with Crippen LogP contribution in [-0.2, 0) is 5.41 Å². The second-order valence-electron chi connectivity index (χ2n) is 6.27. The van der Waals surface area contributed by atoms with Gasteiger partial charge in [0.05, 0.1) is 6.61 Å². The summed E-state index contributed by atoms with van der Waals surface area (Å²) in [6, 6.07) is 11.9. The lowest BCUT2D eigenvalue weighted by Gasteiger charge is -2.16. The highest BCUT2D eigenvalue weighted by Crippen LogP contribution is 2.34. The summed E-state index contributed by atoms with van der Waals surface area (Å²) < 4.78 is 5.57. The van der Waals surface area contributed by atoms with Crippen molar-refractivity contribution in [3.8, 4) is 5.75 Å². The molecule has 0 radical (unpaired) electrons. The van der Waals surface area contributed by atoms with Crippen molar-refractivity contribution in [3.63, 3.8) is 0 Å². The van der Waals surface area contributed by atoms with Crippen LogP contribution in [0.25, 0.3) is 0 Å². The lowest BCUT2D eigenvalue weighted by atomic mass is 9.95. The predicted octanol–water partition coefficient (Wildman–Crippen LogP) is 4.92. The number of benzene rings is 1. The maximum Gasteiger partial charge on any atom is 0.119 e. The van der Waals surface area contributed by atoms with E-state index in [1.807, 2.05) is 30.3 Å². The van der Waals surface area contributed by atoms with Crippen LogP contribution in [0.3, 0.4) is 0 Å². The van der Waals surface area contributed by atoms with E-state index >= 15 is 0 Å². The van der Waals surface area contributed by atoms with Crippen molar-refractivity contribution >= 4 is 11.3 Å². The molecule has 1 aromatic carbocycles. The summed E-state index contributed by atoms with van der Waals surface area (Å²) >= 11 is 1.68. The Hall–Kier alpha value is -1.32. The third-order valence-corrected chi connectivity index (χ3v) is 4.87. The quantitative estimate of drug-likeness (QED) is 0.850. The lowest BCUT2D eigenvalue weighted by Crippen LogP contribution is -2.07. The minimum atomic E-state index is -0.564. The second kappa shape index (κ2) is 6.63. The first-order chi connectivity index (χ1) is 9.91. The van der Waals surface area contributed by atoms with Gasteiger partial charge in [-0.2, -0.15) is 0 Å². The first-order valence-corrected chi connectivity index (χ1v) is 8.24. The maximum atomic E-state index is 10.5. The minimum absolute atomic E-state index is 0.125. The number of rotatable bonds is 5. The van der Waals surface area contributed by atoms with Crippen molar-refractivity contribution in [3.05, 3.63) is 51.7 Å². The molecule has 1 heterocycles. The van der Waals surface area contributed by atoms with Crippen molar-refractivity contribution < 1.29 is 9.84 Å². The van der Waals surface area contributed by atoms with Crippen LogP contribution < -0.4 is 4.74 Å². The van der Waals surface area contributed by atoms with Crippen molar-refractivity contribution in [1.82, 2.24) is 0 Å². The molecule has 0 aliphatic heterocycles. The zero-order chi connectivity index (χ0) is 15.5. The predicted molar refractivity (Wildman–Crippen MR) is 89.3 cm³/mol. The Bertz CT molecular complexity index is 564. The Labute approximate surface area is 131 Å². The van der Waals surface area contributed by atoms with Gasteiger partial charge in [0.25, 0.3) is 0 Å². The SMILES string of the molecule is CCCOc1ccc(C(O)c2ccc(C(C)(C)C)s2)cc1. The van der Waals surface area contributed by atoms with Gasteiger partial charge in [-0.25, -0.2) is 0 Å². The van der Waals surface area contributed by atoms with Crippen LogP contribution in [0, 0.1) is 0 Å². The van der Waals surface area contributed by atoms with Gasteiger partial charge in [-0.15, -0.1) is 11.3 Å². The molecule has 0 saturated carbocycles. The summed E-state index contributed by atoms with van der Waals surface area (Å²) in [4.78, 5) is 2.28. The number of thiophene rings is 1. The van der Waals surface area contributed by atoms with Crippen LogP contribution in [0.2, 0.25) is 0 Å². The fourth-order valence-electron chi connectivity index (χ4n) is 2.03. The van der Waals surface area contributed by atoms with Gasteiger partial charge in [0.15, 0.2) is 0 Å². The average Bonchev–Trinajstić information content (AvgIpc) is 2.95. The fourth-order valence-corrected chi connectivity index (χ4v) is 3.11. The molecule has 0 amide bonds. The largest absolute Gasteiger partial charge is 0.494 e. The van der Waals surface area contributed by atoms with Crippen molar-refractivity contribution in [2.24, 2.45) is 0 Å². The molecule has 114 valence electrons. The molecule has 0 aliphatic rings. The Kier molecular flexibility index (Phi) is 5.07. The number of ether oxygens (including phenoxy) is 1. The third-order valence-electron chi connectivity index (χ3n) is 3.30. The monoisotopic (exact) mass is 304 g/mol. The molecule has 1 atom stereocenters. The molecule has 2 nitrogen and oxygen atoms in total. The Morgan fingerprint density at radius 3 is 2.29 bits per heavy atom. The second-order valence-corrected chi connectivity index (χ2v) is 7.39. The van der Waals surface area contributed by atoms with Gasteiger partial charge in [0.2, 0.25) is 0 Å². The van der Waals surface area contributed by atoms with Crippen LogP contribution in [0.4, 0.5) is 0 Å². The molecule has 0 fully saturated rings. The number of aliphatic hydroxyl groups is 1. The summed E-state index contributed by atoms with van der Waals surface area (Å²) in [5.41, 5.74) is 1.03. The summed E-state index contributed by atoms with van der Waals surface area (Å²) in [5, 5.41) is 10.5. The molecule has 1 aromatic heterocycles. The normalized spacial score (nSPS) is 13.2. The van der Waals surface area contributed by atoms with Gasteiger partial charge in [0.1, 0.15) is 11.9 Å². The molecule has 0 spiro atoms. The van der Waals surface area contributed by atoms with Gasteiger partial charge in [-0.05, 0) is 41.7 Å². The summed E-state index contributed by atoms with van der Waals surface area (Å²) in [5.74, 6) is 0.856. The first-order valence-electron chi connectivity index (χ1n) is 7.43. The van der Waals surface area contributed by atoms with Gasteiger partial charge in [0, 0.05) is 9.75 Å². The highest BCUT2D eigenvalue weighted by atomic mass is 32.1. The van der Waals surface area contributed by atoms with Crippen LogP contribution >= 0.6 is 11.3 Å². The lowest BCUT2D eigenvalue weighted by molar-refractivity contribution is 0.224. The molecule has 0 saturated heterocycles. The van der Waals surface area contributed by atoms with E-state index in [0.717, 1.165) is 29.2 Å². The summed E-state index contributed by atoms with van der Waals surface area (Å²) in [6.07, 6.45) is 0.432. The van der Waals surface area contributed by atoms with E-state index in [9.17, 15) is 5.11 Å². The molecule has 3 heteroatoms. The zero-order valence-electron chi connectivity index (χ0n) is 13.2. The van der Waals surface area contributed by atoms with Crippen molar-refractivity contribution in [1.29, 1.82) is 0 Å². The summed E-state index contributed by atoms with van der Waals surface area (Å²) in [7, 11) is 0. The maximum absolute atomic E-state index is 10.5. The molecular formula is C18H24O2S. The highest BCUT2D eigenvalue weighted by Gasteiger charge is 2.19. The molecule has 1 N–H and O–H groups in total.